The second-order valence-electron chi connectivity index (χ2n) is 4.26. The van der Waals surface area contributed by atoms with Gasteiger partial charge in [0.15, 0.2) is 5.75 Å². The molecular weight excluding hydrogens is 299 g/mol. The number of rotatable bonds is 5. The van der Waals surface area contributed by atoms with Gasteiger partial charge in [-0.05, 0) is 18.6 Å². The first kappa shape index (κ1) is 14.6. The lowest BCUT2D eigenvalue weighted by Gasteiger charge is -2.14. The minimum absolute atomic E-state index is 0.0537. The van der Waals surface area contributed by atoms with Crippen molar-refractivity contribution in [1.29, 1.82) is 0 Å². The van der Waals surface area contributed by atoms with Crippen LogP contribution in [0.2, 0.25) is 10.0 Å². The molecule has 106 valence electrons. The third-order valence-electron chi connectivity index (χ3n) is 2.82. The van der Waals surface area contributed by atoms with Crippen LogP contribution in [0, 0.1) is 5.92 Å². The Morgan fingerprint density at radius 1 is 1.37 bits per heavy atom. The first-order valence-corrected chi connectivity index (χ1v) is 6.57. The zero-order chi connectivity index (χ0) is 13.8. The van der Waals surface area contributed by atoms with Crippen molar-refractivity contribution in [2.45, 2.75) is 13.0 Å². The van der Waals surface area contributed by atoms with Gasteiger partial charge in [0.1, 0.15) is 0 Å². The van der Waals surface area contributed by atoms with E-state index in [2.05, 4.69) is 10.1 Å². The Labute approximate surface area is 119 Å². The van der Waals surface area contributed by atoms with Crippen LogP contribution in [-0.2, 0) is 4.74 Å². The number of nitrogens with one attached hydrogen (secondary N) is 1. The van der Waals surface area contributed by atoms with Gasteiger partial charge in [-0.15, -0.1) is 0 Å². The Kier molecular flexibility index (Phi) is 5.07. The van der Waals surface area contributed by atoms with Crippen LogP contribution in [0.1, 0.15) is 6.42 Å². The SMILES string of the molecule is FC(F)Oc1c(Cl)cc(NCC2CCOC2)cc1Cl. The summed E-state index contributed by atoms with van der Waals surface area (Å²) in [5, 5.41) is 3.26. The normalized spacial score (nSPS) is 18.9. The highest BCUT2D eigenvalue weighted by Crippen LogP contribution is 2.37. The molecule has 1 heterocycles. The van der Waals surface area contributed by atoms with E-state index < -0.39 is 6.61 Å². The van der Waals surface area contributed by atoms with E-state index in [-0.39, 0.29) is 15.8 Å². The molecule has 1 fully saturated rings. The number of alkyl halides is 2. The van der Waals surface area contributed by atoms with Crippen molar-refractivity contribution in [2.75, 3.05) is 25.1 Å². The molecule has 1 aliphatic heterocycles. The van der Waals surface area contributed by atoms with Gasteiger partial charge in [0.05, 0.1) is 16.7 Å². The number of benzene rings is 1. The van der Waals surface area contributed by atoms with Gasteiger partial charge < -0.3 is 14.8 Å². The molecule has 0 saturated carbocycles. The van der Waals surface area contributed by atoms with Crippen molar-refractivity contribution in [3.05, 3.63) is 22.2 Å². The molecule has 7 heteroatoms. The fourth-order valence-electron chi connectivity index (χ4n) is 1.87. The number of hydrogen-bond donors (Lipinski definition) is 1. The molecule has 3 nitrogen and oxygen atoms in total. The van der Waals surface area contributed by atoms with Crippen LogP contribution in [0.3, 0.4) is 0 Å². The van der Waals surface area contributed by atoms with E-state index in [1.807, 2.05) is 0 Å². The van der Waals surface area contributed by atoms with Crippen LogP contribution < -0.4 is 10.1 Å². The minimum atomic E-state index is -2.95. The summed E-state index contributed by atoms with van der Waals surface area (Å²) in [6, 6.07) is 3.03. The standard InChI is InChI=1S/C12H13Cl2F2NO2/c13-9-3-8(17-5-7-1-2-18-6-7)4-10(14)11(9)19-12(15)16/h3-4,7,12,17H,1-2,5-6H2. The fraction of sp³-hybridized carbons (Fsp3) is 0.500. The predicted octanol–water partition coefficient (Wildman–Crippen LogP) is 4.04. The summed E-state index contributed by atoms with van der Waals surface area (Å²) in [5.74, 6) is 0.239. The smallest absolute Gasteiger partial charge is 0.387 e. The molecule has 1 aliphatic rings. The number of halogens is 4. The molecule has 0 bridgehead atoms. The Hall–Kier alpha value is -0.780. The van der Waals surface area contributed by atoms with Crippen LogP contribution in [0.25, 0.3) is 0 Å². The number of ether oxygens (including phenoxy) is 2. The van der Waals surface area contributed by atoms with Gasteiger partial charge in [-0.2, -0.15) is 8.78 Å². The lowest BCUT2D eigenvalue weighted by molar-refractivity contribution is -0.0497. The average Bonchev–Trinajstić information content (AvgIpc) is 2.84. The molecule has 1 unspecified atom stereocenters. The van der Waals surface area contributed by atoms with E-state index in [9.17, 15) is 8.78 Å². The number of anilines is 1. The molecule has 2 rings (SSSR count). The van der Waals surface area contributed by atoms with Crippen molar-refractivity contribution in [3.63, 3.8) is 0 Å². The quantitative estimate of drug-likeness (QED) is 0.890. The van der Waals surface area contributed by atoms with Gasteiger partial charge in [-0.25, -0.2) is 0 Å². The monoisotopic (exact) mass is 311 g/mol. The molecule has 19 heavy (non-hydrogen) atoms. The third-order valence-corrected chi connectivity index (χ3v) is 3.39. The Bertz CT molecular complexity index is 417. The predicted molar refractivity (Wildman–Crippen MR) is 70.5 cm³/mol. The van der Waals surface area contributed by atoms with E-state index in [1.54, 1.807) is 0 Å². The molecule has 1 saturated heterocycles. The van der Waals surface area contributed by atoms with E-state index in [0.29, 0.717) is 11.6 Å². The summed E-state index contributed by atoms with van der Waals surface area (Å²) < 4.78 is 33.9. The van der Waals surface area contributed by atoms with Gasteiger partial charge >= 0.3 is 6.61 Å². The zero-order valence-corrected chi connectivity index (χ0v) is 11.5. The summed E-state index contributed by atoms with van der Waals surface area (Å²) in [6.07, 6.45) is 1.00. The lowest BCUT2D eigenvalue weighted by Crippen LogP contribution is -2.14. The summed E-state index contributed by atoms with van der Waals surface area (Å²) in [5.41, 5.74) is 0.670. The van der Waals surface area contributed by atoms with Crippen molar-refractivity contribution in [2.24, 2.45) is 5.92 Å². The topological polar surface area (TPSA) is 30.5 Å². The van der Waals surface area contributed by atoms with Crippen LogP contribution in [0.15, 0.2) is 12.1 Å². The summed E-state index contributed by atoms with van der Waals surface area (Å²) in [7, 11) is 0. The van der Waals surface area contributed by atoms with Crippen LogP contribution in [0.5, 0.6) is 5.75 Å². The molecule has 1 aromatic carbocycles. The van der Waals surface area contributed by atoms with E-state index in [0.717, 1.165) is 26.2 Å². The molecule has 1 aromatic rings. The van der Waals surface area contributed by atoms with Gasteiger partial charge in [-0.1, -0.05) is 23.2 Å². The maximum atomic E-state index is 12.2. The minimum Gasteiger partial charge on any atom is -0.432 e. The lowest BCUT2D eigenvalue weighted by atomic mass is 10.1. The highest BCUT2D eigenvalue weighted by atomic mass is 35.5. The van der Waals surface area contributed by atoms with Gasteiger partial charge in [0.25, 0.3) is 0 Å². The highest BCUT2D eigenvalue weighted by molar-refractivity contribution is 6.37. The molecule has 0 radical (unpaired) electrons. The maximum absolute atomic E-state index is 12.2. The molecule has 0 amide bonds. The van der Waals surface area contributed by atoms with Crippen molar-refractivity contribution < 1.29 is 18.3 Å². The van der Waals surface area contributed by atoms with Crippen LogP contribution in [0.4, 0.5) is 14.5 Å². The molecule has 0 aliphatic carbocycles. The first-order chi connectivity index (χ1) is 9.06. The molecule has 1 N–H and O–H groups in total. The summed E-state index contributed by atoms with van der Waals surface area (Å²) in [6.45, 7) is -0.734. The van der Waals surface area contributed by atoms with Crippen molar-refractivity contribution >= 4 is 28.9 Å². The zero-order valence-electron chi connectivity index (χ0n) is 9.97. The van der Waals surface area contributed by atoms with Crippen molar-refractivity contribution in [3.8, 4) is 5.75 Å². The first-order valence-electron chi connectivity index (χ1n) is 5.81. The average molecular weight is 312 g/mol. The molecular formula is C12H13Cl2F2NO2. The van der Waals surface area contributed by atoms with Gasteiger partial charge in [0, 0.05) is 24.8 Å². The summed E-state index contributed by atoms with van der Waals surface area (Å²) >= 11 is 11.7. The van der Waals surface area contributed by atoms with E-state index in [4.69, 9.17) is 27.9 Å². The van der Waals surface area contributed by atoms with Crippen LogP contribution >= 0.6 is 23.2 Å². The van der Waals surface area contributed by atoms with Crippen LogP contribution in [-0.4, -0.2) is 26.4 Å². The molecule has 0 spiro atoms. The van der Waals surface area contributed by atoms with Gasteiger partial charge in [-0.3, -0.25) is 0 Å². The molecule has 1 atom stereocenters. The fourth-order valence-corrected chi connectivity index (χ4v) is 2.45. The van der Waals surface area contributed by atoms with Crippen molar-refractivity contribution in [1.82, 2.24) is 0 Å². The highest BCUT2D eigenvalue weighted by Gasteiger charge is 2.17. The number of hydrogen-bond acceptors (Lipinski definition) is 3. The second-order valence-corrected chi connectivity index (χ2v) is 5.07. The summed E-state index contributed by atoms with van der Waals surface area (Å²) in [4.78, 5) is 0. The third kappa shape index (κ3) is 4.09. The van der Waals surface area contributed by atoms with E-state index >= 15 is 0 Å². The Morgan fingerprint density at radius 2 is 2.05 bits per heavy atom. The van der Waals surface area contributed by atoms with Gasteiger partial charge in [0.2, 0.25) is 0 Å². The largest absolute Gasteiger partial charge is 0.432 e. The Balaban J connectivity index is 2.01. The van der Waals surface area contributed by atoms with E-state index in [1.165, 1.54) is 12.1 Å². The molecule has 0 aromatic heterocycles. The second kappa shape index (κ2) is 6.59. The maximum Gasteiger partial charge on any atom is 0.387 e. The Morgan fingerprint density at radius 3 is 2.58 bits per heavy atom.